The Morgan fingerprint density at radius 2 is 1.41 bits per heavy atom. The number of imide groups is 1. The zero-order chi connectivity index (χ0) is 22.7. The van der Waals surface area contributed by atoms with Crippen LogP contribution in [0.1, 0.15) is 54.0 Å². The van der Waals surface area contributed by atoms with E-state index in [2.05, 4.69) is 0 Å². The summed E-state index contributed by atoms with van der Waals surface area (Å²) in [4.78, 5) is 28.0. The molecule has 2 heterocycles. The van der Waals surface area contributed by atoms with Gasteiger partial charge >= 0.3 is 7.12 Å². The Hall–Kier alpha value is -2.96. The van der Waals surface area contributed by atoms with Crippen molar-refractivity contribution in [2.24, 2.45) is 0 Å². The fraction of sp³-hybridized carbons (Fsp3) is 0.308. The number of rotatable bonds is 4. The monoisotopic (exact) mass is 427 g/mol. The summed E-state index contributed by atoms with van der Waals surface area (Å²) < 4.78 is 12.5. The standard InChI is InChI=1S/C26H26BNO4/c1-25(2)26(3,4)32-27(31-25)21-14-13-20-22-18(21)11-8-12-19(22)23(29)28(24(20)30)16-15-17-9-6-5-7-10-17/h5-14H,15-16H2,1-4H3. The Balaban J connectivity index is 1.53. The van der Waals surface area contributed by atoms with Crippen LogP contribution in [-0.4, -0.2) is 41.6 Å². The molecule has 5 nitrogen and oxygen atoms in total. The van der Waals surface area contributed by atoms with Crippen molar-refractivity contribution in [3.8, 4) is 0 Å². The van der Waals surface area contributed by atoms with Gasteiger partial charge in [0.15, 0.2) is 0 Å². The van der Waals surface area contributed by atoms with Crippen molar-refractivity contribution >= 4 is 35.2 Å². The van der Waals surface area contributed by atoms with E-state index in [4.69, 9.17) is 9.31 Å². The molecule has 0 radical (unpaired) electrons. The molecule has 0 unspecified atom stereocenters. The van der Waals surface area contributed by atoms with Gasteiger partial charge in [-0.2, -0.15) is 0 Å². The first kappa shape index (κ1) is 20.9. The van der Waals surface area contributed by atoms with Gasteiger partial charge in [0.2, 0.25) is 0 Å². The molecule has 0 bridgehead atoms. The van der Waals surface area contributed by atoms with E-state index in [9.17, 15) is 9.59 Å². The molecule has 3 aromatic carbocycles. The van der Waals surface area contributed by atoms with Gasteiger partial charge in [-0.25, -0.2) is 0 Å². The minimum atomic E-state index is -0.564. The molecule has 0 N–H and O–H groups in total. The van der Waals surface area contributed by atoms with E-state index in [-0.39, 0.29) is 11.8 Å². The lowest BCUT2D eigenvalue weighted by Gasteiger charge is -2.32. The Bertz CT molecular complexity index is 1200. The van der Waals surface area contributed by atoms with Crippen LogP contribution in [0, 0.1) is 0 Å². The molecular weight excluding hydrogens is 401 g/mol. The summed E-state index contributed by atoms with van der Waals surface area (Å²) in [6.45, 7) is 8.38. The number of nitrogens with zero attached hydrogens (tertiary/aromatic N) is 1. The van der Waals surface area contributed by atoms with Crippen molar-refractivity contribution in [1.29, 1.82) is 0 Å². The van der Waals surface area contributed by atoms with Crippen LogP contribution in [0.25, 0.3) is 10.8 Å². The number of carbonyl (C=O) groups is 2. The lowest BCUT2D eigenvalue weighted by Crippen LogP contribution is -2.42. The van der Waals surface area contributed by atoms with Gasteiger partial charge in [0.1, 0.15) is 0 Å². The fourth-order valence-electron chi connectivity index (χ4n) is 4.43. The van der Waals surface area contributed by atoms with Crippen LogP contribution in [0.3, 0.4) is 0 Å². The molecule has 162 valence electrons. The van der Waals surface area contributed by atoms with Crippen molar-refractivity contribution < 1.29 is 18.9 Å². The molecule has 2 aliphatic heterocycles. The van der Waals surface area contributed by atoms with Crippen LogP contribution in [-0.2, 0) is 15.7 Å². The summed E-state index contributed by atoms with van der Waals surface area (Å²) in [5, 5.41) is 1.51. The molecule has 6 heteroatoms. The Morgan fingerprint density at radius 1 is 0.781 bits per heavy atom. The van der Waals surface area contributed by atoms with Gasteiger partial charge in [-0.3, -0.25) is 14.5 Å². The third-order valence-electron chi connectivity index (χ3n) is 7.00. The summed E-state index contributed by atoms with van der Waals surface area (Å²) >= 11 is 0. The molecule has 0 saturated carbocycles. The van der Waals surface area contributed by atoms with Crippen LogP contribution in [0.4, 0.5) is 0 Å². The molecule has 0 atom stereocenters. The van der Waals surface area contributed by atoms with Crippen molar-refractivity contribution in [2.75, 3.05) is 6.54 Å². The topological polar surface area (TPSA) is 55.8 Å². The molecule has 0 spiro atoms. The highest BCUT2D eigenvalue weighted by atomic mass is 16.7. The molecule has 2 amide bonds. The first-order chi connectivity index (χ1) is 15.2. The maximum atomic E-state index is 13.3. The number of carbonyl (C=O) groups excluding carboxylic acids is 2. The van der Waals surface area contributed by atoms with Crippen LogP contribution in [0.15, 0.2) is 60.7 Å². The van der Waals surface area contributed by atoms with Crippen LogP contribution >= 0.6 is 0 Å². The largest absolute Gasteiger partial charge is 0.495 e. The van der Waals surface area contributed by atoms with Gasteiger partial charge in [0, 0.05) is 23.1 Å². The summed E-state index contributed by atoms with van der Waals surface area (Å²) in [5.74, 6) is -0.509. The van der Waals surface area contributed by atoms with E-state index in [0.717, 1.165) is 16.4 Å². The second-order valence-corrected chi connectivity index (χ2v) is 9.52. The predicted octanol–water partition coefficient (Wildman–Crippen LogP) is 3.98. The van der Waals surface area contributed by atoms with Crippen LogP contribution in [0.5, 0.6) is 0 Å². The minimum absolute atomic E-state index is 0.255. The van der Waals surface area contributed by atoms with Crippen molar-refractivity contribution in [3.05, 3.63) is 77.4 Å². The normalized spacial score (nSPS) is 19.1. The maximum Gasteiger partial charge on any atom is 0.495 e. The maximum absolute atomic E-state index is 13.3. The molecule has 1 fully saturated rings. The molecule has 0 aromatic heterocycles. The zero-order valence-corrected chi connectivity index (χ0v) is 18.8. The average molecular weight is 427 g/mol. The van der Waals surface area contributed by atoms with E-state index in [1.807, 2.05) is 76.2 Å². The SMILES string of the molecule is CC1(C)OB(c2ccc3c4c(cccc24)C(=O)N(CCc2ccccc2)C3=O)OC1(C)C. The average Bonchev–Trinajstić information content (AvgIpc) is 2.99. The van der Waals surface area contributed by atoms with E-state index < -0.39 is 18.3 Å². The predicted molar refractivity (Wildman–Crippen MR) is 125 cm³/mol. The third kappa shape index (κ3) is 3.17. The third-order valence-corrected chi connectivity index (χ3v) is 7.00. The quantitative estimate of drug-likeness (QED) is 0.467. The highest BCUT2D eigenvalue weighted by Gasteiger charge is 2.52. The highest BCUT2D eigenvalue weighted by molar-refractivity contribution is 6.65. The summed E-state index contributed by atoms with van der Waals surface area (Å²) in [5.41, 5.74) is 2.07. The fourth-order valence-corrected chi connectivity index (χ4v) is 4.43. The molecule has 3 aromatic rings. The van der Waals surface area contributed by atoms with E-state index in [1.54, 1.807) is 12.1 Å². The molecule has 2 aliphatic rings. The molecule has 0 aliphatic carbocycles. The van der Waals surface area contributed by atoms with Gasteiger partial charge in [-0.15, -0.1) is 0 Å². The summed E-state index contributed by atoms with van der Waals surface area (Å²) in [6, 6.07) is 19.2. The Labute approximate surface area is 188 Å². The van der Waals surface area contributed by atoms with Gasteiger partial charge in [-0.1, -0.05) is 48.5 Å². The first-order valence-electron chi connectivity index (χ1n) is 11.0. The van der Waals surface area contributed by atoms with Gasteiger partial charge in [0.25, 0.3) is 11.8 Å². The van der Waals surface area contributed by atoms with Gasteiger partial charge in [0.05, 0.1) is 11.2 Å². The minimum Gasteiger partial charge on any atom is -0.399 e. The molecule has 32 heavy (non-hydrogen) atoms. The lowest BCUT2D eigenvalue weighted by molar-refractivity contribution is 0.00578. The van der Waals surface area contributed by atoms with Crippen molar-refractivity contribution in [1.82, 2.24) is 4.90 Å². The smallest absolute Gasteiger partial charge is 0.399 e. The second-order valence-electron chi connectivity index (χ2n) is 9.52. The second kappa shape index (κ2) is 7.29. The van der Waals surface area contributed by atoms with E-state index in [1.165, 1.54) is 4.90 Å². The Kier molecular flexibility index (Phi) is 4.77. The van der Waals surface area contributed by atoms with Crippen LogP contribution < -0.4 is 5.46 Å². The number of benzene rings is 3. The van der Waals surface area contributed by atoms with Crippen LogP contribution in [0.2, 0.25) is 0 Å². The van der Waals surface area contributed by atoms with Crippen molar-refractivity contribution in [2.45, 2.75) is 45.3 Å². The zero-order valence-electron chi connectivity index (χ0n) is 18.8. The summed E-state index contributed by atoms with van der Waals surface area (Å²) in [7, 11) is -0.564. The molecule has 5 rings (SSSR count). The van der Waals surface area contributed by atoms with Crippen molar-refractivity contribution in [3.63, 3.8) is 0 Å². The lowest BCUT2D eigenvalue weighted by atomic mass is 9.74. The summed E-state index contributed by atoms with van der Waals surface area (Å²) in [6.07, 6.45) is 0.621. The number of hydrogen-bond acceptors (Lipinski definition) is 4. The number of hydrogen-bond donors (Lipinski definition) is 0. The molecular formula is C26H26BNO4. The van der Waals surface area contributed by atoms with E-state index >= 15 is 0 Å². The van der Waals surface area contributed by atoms with Gasteiger partial charge in [-0.05, 0) is 62.7 Å². The molecule has 1 saturated heterocycles. The van der Waals surface area contributed by atoms with Gasteiger partial charge < -0.3 is 9.31 Å². The highest BCUT2D eigenvalue weighted by Crippen LogP contribution is 2.38. The Morgan fingerprint density at radius 3 is 2.06 bits per heavy atom. The first-order valence-corrected chi connectivity index (χ1v) is 11.0. The van der Waals surface area contributed by atoms with E-state index in [0.29, 0.717) is 29.5 Å². The number of amides is 2.